The summed E-state index contributed by atoms with van der Waals surface area (Å²) in [4.78, 5) is 20.7. The number of carboxylic acids is 1. The van der Waals surface area contributed by atoms with Gasteiger partial charge in [-0.1, -0.05) is 12.2 Å². The van der Waals surface area contributed by atoms with E-state index in [-0.39, 0.29) is 6.61 Å². The molecule has 0 aromatic rings. The molecule has 2 atom stereocenters. The molecule has 0 fully saturated rings. The van der Waals surface area contributed by atoms with Crippen molar-refractivity contribution in [3.63, 3.8) is 0 Å². The van der Waals surface area contributed by atoms with Crippen LogP contribution in [0, 0.1) is 0 Å². The lowest BCUT2D eigenvalue weighted by Crippen LogP contribution is -2.40. The summed E-state index contributed by atoms with van der Waals surface area (Å²) in [5, 5.41) is 33.8. The predicted molar refractivity (Wildman–Crippen MR) is 91.6 cm³/mol. The van der Waals surface area contributed by atoms with Crippen molar-refractivity contribution in [3.05, 3.63) is 25.3 Å². The second-order valence-corrected chi connectivity index (χ2v) is 3.72. The standard InChI is InChI=1S/C6H10O7.C4H10O.2C3H6/c7-1-2-13-6(12)4(9)3(8)5(10)11;1-3-5-4-2;2*1-3-2/h3-4,7-9H,1-2H2,(H,10,11);3-4H2,1-2H3;2*3H,1H2,2H3. The Morgan fingerprint density at radius 1 is 1.04 bits per heavy atom. The van der Waals surface area contributed by atoms with Crippen molar-refractivity contribution in [2.75, 3.05) is 26.4 Å². The maximum atomic E-state index is 10.6. The molecular weight excluding hydrogens is 320 g/mol. The lowest BCUT2D eigenvalue weighted by molar-refractivity contribution is -0.170. The molecule has 0 radical (unpaired) electrons. The zero-order valence-electron chi connectivity index (χ0n) is 15.0. The summed E-state index contributed by atoms with van der Waals surface area (Å²) in [6, 6.07) is 0. The number of carboxylic acid groups (broad SMARTS) is 1. The first-order valence-corrected chi connectivity index (χ1v) is 7.33. The van der Waals surface area contributed by atoms with Crippen LogP contribution in [-0.4, -0.2) is 71.0 Å². The minimum Gasteiger partial charge on any atom is -0.479 e. The zero-order valence-corrected chi connectivity index (χ0v) is 15.0. The molecule has 0 aromatic carbocycles. The minimum absolute atomic E-state index is 0.359. The van der Waals surface area contributed by atoms with E-state index in [4.69, 9.17) is 25.2 Å². The van der Waals surface area contributed by atoms with E-state index in [0.717, 1.165) is 13.2 Å². The van der Waals surface area contributed by atoms with Gasteiger partial charge in [-0.3, -0.25) is 0 Å². The molecule has 0 heterocycles. The largest absolute Gasteiger partial charge is 0.479 e. The molecule has 0 rings (SSSR count). The van der Waals surface area contributed by atoms with Gasteiger partial charge in [0.25, 0.3) is 0 Å². The lowest BCUT2D eigenvalue weighted by Gasteiger charge is -2.12. The summed E-state index contributed by atoms with van der Waals surface area (Å²) in [7, 11) is 0. The van der Waals surface area contributed by atoms with Gasteiger partial charge in [-0.15, -0.1) is 13.2 Å². The van der Waals surface area contributed by atoms with Gasteiger partial charge in [-0.2, -0.15) is 0 Å². The van der Waals surface area contributed by atoms with E-state index in [0.29, 0.717) is 0 Å². The quantitative estimate of drug-likeness (QED) is 0.390. The molecule has 2 unspecified atom stereocenters. The van der Waals surface area contributed by atoms with Crippen LogP contribution in [-0.2, 0) is 19.1 Å². The van der Waals surface area contributed by atoms with Crippen LogP contribution in [0.25, 0.3) is 0 Å². The Hall–Kier alpha value is -1.74. The molecule has 0 aliphatic carbocycles. The molecule has 0 aromatic heterocycles. The highest BCUT2D eigenvalue weighted by molar-refractivity contribution is 5.84. The molecular formula is C16H32O8. The fourth-order valence-corrected chi connectivity index (χ4v) is 0.700. The molecule has 144 valence electrons. The third kappa shape index (κ3) is 28.4. The Bertz CT molecular complexity index is 296. The van der Waals surface area contributed by atoms with Gasteiger partial charge < -0.3 is 29.9 Å². The summed E-state index contributed by atoms with van der Waals surface area (Å²) in [5.41, 5.74) is 0. The third-order valence-corrected chi connectivity index (χ3v) is 1.54. The lowest BCUT2D eigenvalue weighted by atomic mass is 10.2. The summed E-state index contributed by atoms with van der Waals surface area (Å²) < 4.78 is 9.00. The summed E-state index contributed by atoms with van der Waals surface area (Å²) in [6.45, 7) is 15.4. The Morgan fingerprint density at radius 2 is 1.42 bits per heavy atom. The maximum absolute atomic E-state index is 10.6. The SMILES string of the molecule is C=CC.C=CC.CCOCC.O=C(O)C(O)C(O)C(=O)OCCO. The molecule has 8 nitrogen and oxygen atoms in total. The van der Waals surface area contributed by atoms with Crippen LogP contribution in [0.4, 0.5) is 0 Å². The normalized spacial score (nSPS) is 10.8. The van der Waals surface area contributed by atoms with Crippen molar-refractivity contribution in [2.24, 2.45) is 0 Å². The second-order valence-electron chi connectivity index (χ2n) is 3.72. The first-order chi connectivity index (χ1) is 11.2. The van der Waals surface area contributed by atoms with E-state index < -0.39 is 30.8 Å². The number of carbonyl (C=O) groups is 2. The third-order valence-electron chi connectivity index (χ3n) is 1.54. The van der Waals surface area contributed by atoms with Crippen molar-refractivity contribution in [2.45, 2.75) is 39.9 Å². The summed E-state index contributed by atoms with van der Waals surface area (Å²) >= 11 is 0. The number of carbonyl (C=O) groups excluding carboxylic acids is 1. The van der Waals surface area contributed by atoms with Crippen molar-refractivity contribution in [3.8, 4) is 0 Å². The van der Waals surface area contributed by atoms with Crippen molar-refractivity contribution >= 4 is 11.9 Å². The van der Waals surface area contributed by atoms with Gasteiger partial charge in [0.2, 0.25) is 0 Å². The van der Waals surface area contributed by atoms with E-state index in [1.54, 1.807) is 12.2 Å². The number of esters is 1. The van der Waals surface area contributed by atoms with Crippen LogP contribution in [0.2, 0.25) is 0 Å². The smallest absolute Gasteiger partial charge is 0.338 e. The fourth-order valence-electron chi connectivity index (χ4n) is 0.700. The first-order valence-electron chi connectivity index (χ1n) is 7.33. The van der Waals surface area contributed by atoms with E-state index in [2.05, 4.69) is 17.9 Å². The molecule has 0 spiro atoms. The first kappa shape index (κ1) is 30.2. The van der Waals surface area contributed by atoms with Crippen molar-refractivity contribution in [1.29, 1.82) is 0 Å². The van der Waals surface area contributed by atoms with Gasteiger partial charge in [-0.25, -0.2) is 9.59 Å². The molecule has 0 amide bonds. The number of aliphatic carboxylic acids is 1. The number of allylic oxidation sites excluding steroid dienone is 2. The van der Waals surface area contributed by atoms with Gasteiger partial charge >= 0.3 is 11.9 Å². The Kier molecular flexibility index (Phi) is 32.9. The Labute approximate surface area is 144 Å². The molecule has 4 N–H and O–H groups in total. The van der Waals surface area contributed by atoms with Crippen LogP contribution in [0.15, 0.2) is 25.3 Å². The maximum Gasteiger partial charge on any atom is 0.338 e. The van der Waals surface area contributed by atoms with Crippen LogP contribution in [0.5, 0.6) is 0 Å². The van der Waals surface area contributed by atoms with E-state index in [1.807, 2.05) is 27.7 Å². The van der Waals surface area contributed by atoms with Gasteiger partial charge in [-0.05, 0) is 27.7 Å². The fraction of sp³-hybridized carbons (Fsp3) is 0.625. The van der Waals surface area contributed by atoms with Crippen LogP contribution in [0.1, 0.15) is 27.7 Å². The number of hydrogen-bond acceptors (Lipinski definition) is 7. The van der Waals surface area contributed by atoms with Gasteiger partial charge in [0.15, 0.2) is 12.2 Å². The molecule has 0 aliphatic heterocycles. The highest BCUT2D eigenvalue weighted by Gasteiger charge is 2.31. The summed E-state index contributed by atoms with van der Waals surface area (Å²) in [6.07, 6.45) is -0.852. The highest BCUT2D eigenvalue weighted by Crippen LogP contribution is 1.96. The molecule has 0 saturated carbocycles. The number of rotatable bonds is 7. The number of aliphatic hydroxyl groups is 3. The van der Waals surface area contributed by atoms with E-state index in [9.17, 15) is 9.59 Å². The van der Waals surface area contributed by atoms with Gasteiger partial charge in [0.1, 0.15) is 6.61 Å². The second kappa shape index (κ2) is 26.2. The molecule has 24 heavy (non-hydrogen) atoms. The molecule has 0 saturated heterocycles. The zero-order chi connectivity index (χ0) is 20.0. The average molecular weight is 352 g/mol. The van der Waals surface area contributed by atoms with E-state index >= 15 is 0 Å². The monoisotopic (exact) mass is 352 g/mol. The van der Waals surface area contributed by atoms with Crippen LogP contribution < -0.4 is 0 Å². The van der Waals surface area contributed by atoms with E-state index in [1.165, 1.54) is 0 Å². The topological polar surface area (TPSA) is 134 Å². The average Bonchev–Trinajstić information content (AvgIpc) is 2.54. The van der Waals surface area contributed by atoms with Gasteiger partial charge in [0, 0.05) is 13.2 Å². The van der Waals surface area contributed by atoms with Crippen molar-refractivity contribution < 1.29 is 39.5 Å². The summed E-state index contributed by atoms with van der Waals surface area (Å²) in [5.74, 6) is -3.02. The molecule has 0 bridgehead atoms. The highest BCUT2D eigenvalue weighted by atomic mass is 16.6. The van der Waals surface area contributed by atoms with Crippen molar-refractivity contribution in [1.82, 2.24) is 0 Å². The molecule has 0 aliphatic rings. The van der Waals surface area contributed by atoms with Crippen LogP contribution >= 0.6 is 0 Å². The minimum atomic E-state index is -2.22. The van der Waals surface area contributed by atoms with Gasteiger partial charge in [0.05, 0.1) is 6.61 Å². The van der Waals surface area contributed by atoms with Crippen LogP contribution in [0.3, 0.4) is 0 Å². The predicted octanol–water partition coefficient (Wildman–Crippen LogP) is 0.756. The number of ether oxygens (including phenoxy) is 2. The molecule has 8 heteroatoms. The number of aliphatic hydroxyl groups excluding tert-OH is 3. The Balaban J connectivity index is -0.000000149. The number of hydrogen-bond donors (Lipinski definition) is 4. The Morgan fingerprint density at radius 3 is 1.62 bits per heavy atom.